The van der Waals surface area contributed by atoms with Gasteiger partial charge < -0.3 is 4.90 Å². The number of imide groups is 1. The summed E-state index contributed by atoms with van der Waals surface area (Å²) in [4.78, 5) is 28.6. The van der Waals surface area contributed by atoms with Crippen molar-refractivity contribution in [3.63, 3.8) is 0 Å². The topological polar surface area (TPSA) is 40.6 Å². The van der Waals surface area contributed by atoms with E-state index in [1.165, 1.54) is 4.90 Å². The summed E-state index contributed by atoms with van der Waals surface area (Å²) in [7, 11) is 3.95. The van der Waals surface area contributed by atoms with E-state index in [0.29, 0.717) is 10.6 Å². The van der Waals surface area contributed by atoms with Gasteiger partial charge in [-0.1, -0.05) is 24.3 Å². The summed E-state index contributed by atoms with van der Waals surface area (Å²) < 4.78 is 0. The average molecular weight is 338 g/mol. The maximum atomic E-state index is 12.6. The van der Waals surface area contributed by atoms with Gasteiger partial charge in [-0.2, -0.15) is 0 Å². The minimum absolute atomic E-state index is 0.262. The van der Waals surface area contributed by atoms with E-state index in [2.05, 4.69) is 0 Å². The molecule has 3 rings (SSSR count). The van der Waals surface area contributed by atoms with Crippen molar-refractivity contribution in [3.05, 3.63) is 64.6 Å². The fourth-order valence-electron chi connectivity index (χ4n) is 2.48. The Labute approximate surface area is 145 Å². The molecule has 122 valence electrons. The molecule has 0 N–H and O–H groups in total. The van der Waals surface area contributed by atoms with E-state index in [9.17, 15) is 9.59 Å². The number of hydrogen-bond donors (Lipinski definition) is 0. The third-order valence-corrected chi connectivity index (χ3v) is 4.63. The fourth-order valence-corrected chi connectivity index (χ4v) is 3.32. The average Bonchev–Trinajstić information content (AvgIpc) is 2.82. The van der Waals surface area contributed by atoms with Crippen LogP contribution in [0, 0.1) is 6.92 Å². The van der Waals surface area contributed by atoms with E-state index in [0.717, 1.165) is 28.6 Å². The molecule has 1 aliphatic rings. The van der Waals surface area contributed by atoms with Crippen molar-refractivity contribution in [3.8, 4) is 0 Å². The molecular formula is C19H18N2O2S. The molecule has 0 unspecified atom stereocenters. The highest BCUT2D eigenvalue weighted by atomic mass is 32.2. The van der Waals surface area contributed by atoms with Gasteiger partial charge >= 0.3 is 0 Å². The highest BCUT2D eigenvalue weighted by Crippen LogP contribution is 2.36. The second kappa shape index (κ2) is 6.53. The minimum atomic E-state index is -0.271. The third kappa shape index (κ3) is 3.21. The van der Waals surface area contributed by atoms with Crippen LogP contribution in [-0.2, 0) is 4.79 Å². The molecule has 1 fully saturated rings. The zero-order valence-electron chi connectivity index (χ0n) is 13.8. The molecule has 5 heteroatoms. The van der Waals surface area contributed by atoms with Crippen molar-refractivity contribution in [1.82, 2.24) is 0 Å². The Morgan fingerprint density at radius 2 is 1.75 bits per heavy atom. The van der Waals surface area contributed by atoms with Crippen molar-refractivity contribution < 1.29 is 9.59 Å². The minimum Gasteiger partial charge on any atom is -0.378 e. The smallest absolute Gasteiger partial charge is 0.298 e. The first-order valence-electron chi connectivity index (χ1n) is 7.58. The first-order valence-corrected chi connectivity index (χ1v) is 8.39. The largest absolute Gasteiger partial charge is 0.378 e. The number of amides is 2. The molecule has 0 saturated carbocycles. The molecule has 0 spiro atoms. The van der Waals surface area contributed by atoms with E-state index in [4.69, 9.17) is 0 Å². The van der Waals surface area contributed by atoms with Crippen molar-refractivity contribution in [2.24, 2.45) is 0 Å². The molecule has 1 saturated heterocycles. The van der Waals surface area contributed by atoms with Crippen molar-refractivity contribution in [1.29, 1.82) is 0 Å². The normalized spacial score (nSPS) is 16.1. The van der Waals surface area contributed by atoms with Crippen LogP contribution in [0.2, 0.25) is 0 Å². The molecule has 0 bridgehead atoms. The summed E-state index contributed by atoms with van der Waals surface area (Å²) in [5, 5.41) is -0.262. The SMILES string of the molecule is Cc1cccc(N2C(=O)S/C(=C/c3ccc(N(C)C)cc3)C2=O)c1. The first kappa shape index (κ1) is 16.3. The number of benzene rings is 2. The Kier molecular flexibility index (Phi) is 4.44. The lowest BCUT2D eigenvalue weighted by Crippen LogP contribution is -2.27. The molecule has 2 amide bonds. The van der Waals surface area contributed by atoms with Crippen LogP contribution in [-0.4, -0.2) is 25.2 Å². The van der Waals surface area contributed by atoms with Crippen LogP contribution in [0.5, 0.6) is 0 Å². The second-order valence-electron chi connectivity index (χ2n) is 5.84. The van der Waals surface area contributed by atoms with Crippen LogP contribution >= 0.6 is 11.8 Å². The summed E-state index contributed by atoms with van der Waals surface area (Å²) in [6.45, 7) is 1.94. The van der Waals surface area contributed by atoms with Crippen LogP contribution in [0.3, 0.4) is 0 Å². The zero-order valence-corrected chi connectivity index (χ0v) is 14.6. The maximum Gasteiger partial charge on any atom is 0.298 e. The van der Waals surface area contributed by atoms with Gasteiger partial charge in [0.05, 0.1) is 10.6 Å². The van der Waals surface area contributed by atoms with Gasteiger partial charge in [-0.15, -0.1) is 0 Å². The molecule has 0 aromatic heterocycles. The second-order valence-corrected chi connectivity index (χ2v) is 6.84. The summed E-state index contributed by atoms with van der Waals surface area (Å²) in [5.74, 6) is -0.271. The lowest BCUT2D eigenvalue weighted by atomic mass is 10.1. The van der Waals surface area contributed by atoms with Crippen LogP contribution < -0.4 is 9.80 Å². The number of hydrogen-bond acceptors (Lipinski definition) is 4. The number of aryl methyl sites for hydroxylation is 1. The molecule has 0 radical (unpaired) electrons. The van der Waals surface area contributed by atoms with Gasteiger partial charge in [-0.05, 0) is 60.2 Å². The molecule has 2 aromatic rings. The molecule has 2 aromatic carbocycles. The summed E-state index contributed by atoms with van der Waals surface area (Å²) >= 11 is 0.976. The number of thioether (sulfide) groups is 1. The molecule has 24 heavy (non-hydrogen) atoms. The fraction of sp³-hybridized carbons (Fsp3) is 0.158. The van der Waals surface area contributed by atoms with Crippen molar-refractivity contribution in [2.75, 3.05) is 23.9 Å². The lowest BCUT2D eigenvalue weighted by Gasteiger charge is -2.13. The van der Waals surface area contributed by atoms with E-state index in [1.807, 2.05) is 68.4 Å². The number of nitrogens with zero attached hydrogens (tertiary/aromatic N) is 2. The molecule has 1 aliphatic heterocycles. The Bertz CT molecular complexity index is 826. The third-order valence-electron chi connectivity index (χ3n) is 3.76. The van der Waals surface area contributed by atoms with Gasteiger partial charge in [0.15, 0.2) is 0 Å². The molecular weight excluding hydrogens is 320 g/mol. The summed E-state index contributed by atoms with van der Waals surface area (Å²) in [6, 6.07) is 15.2. The van der Waals surface area contributed by atoms with Gasteiger partial charge in [0.25, 0.3) is 11.1 Å². The van der Waals surface area contributed by atoms with Crippen LogP contribution in [0.15, 0.2) is 53.4 Å². The molecule has 1 heterocycles. The predicted octanol–water partition coefficient (Wildman–Crippen LogP) is 4.30. The van der Waals surface area contributed by atoms with Gasteiger partial charge in [0.2, 0.25) is 0 Å². The van der Waals surface area contributed by atoms with Gasteiger partial charge in [0, 0.05) is 19.8 Å². The Morgan fingerprint density at radius 3 is 2.38 bits per heavy atom. The van der Waals surface area contributed by atoms with Gasteiger partial charge in [-0.25, -0.2) is 4.90 Å². The van der Waals surface area contributed by atoms with Crippen LogP contribution in [0.4, 0.5) is 16.2 Å². The standard InChI is InChI=1S/C19H18N2O2S/c1-13-5-4-6-16(11-13)21-18(22)17(24-19(21)23)12-14-7-9-15(10-8-14)20(2)3/h4-12H,1-3H3/b17-12+. The monoisotopic (exact) mass is 338 g/mol. The Morgan fingerprint density at radius 1 is 1.04 bits per heavy atom. The number of anilines is 2. The van der Waals surface area contributed by atoms with Crippen LogP contribution in [0.1, 0.15) is 11.1 Å². The van der Waals surface area contributed by atoms with E-state index < -0.39 is 0 Å². The number of rotatable bonds is 3. The summed E-state index contributed by atoms with van der Waals surface area (Å²) in [5.41, 5.74) is 3.61. The van der Waals surface area contributed by atoms with E-state index in [1.54, 1.807) is 12.1 Å². The molecule has 0 atom stereocenters. The van der Waals surface area contributed by atoms with Crippen LogP contribution in [0.25, 0.3) is 6.08 Å². The quantitative estimate of drug-likeness (QED) is 0.782. The maximum absolute atomic E-state index is 12.6. The number of carbonyl (C=O) groups is 2. The summed E-state index contributed by atoms with van der Waals surface area (Å²) in [6.07, 6.45) is 1.76. The molecule has 0 aliphatic carbocycles. The highest BCUT2D eigenvalue weighted by Gasteiger charge is 2.36. The first-order chi connectivity index (χ1) is 11.5. The van der Waals surface area contributed by atoms with Gasteiger partial charge in [-0.3, -0.25) is 9.59 Å². The van der Waals surface area contributed by atoms with Crippen molar-refractivity contribution >= 4 is 40.4 Å². The predicted molar refractivity (Wildman–Crippen MR) is 100 cm³/mol. The highest BCUT2D eigenvalue weighted by molar-refractivity contribution is 8.19. The van der Waals surface area contributed by atoms with Gasteiger partial charge in [0.1, 0.15) is 0 Å². The Hall–Kier alpha value is -2.53. The van der Waals surface area contributed by atoms with Crippen molar-refractivity contribution in [2.45, 2.75) is 6.92 Å². The lowest BCUT2D eigenvalue weighted by molar-refractivity contribution is -0.113. The Balaban J connectivity index is 1.88. The molecule has 4 nitrogen and oxygen atoms in total. The van der Waals surface area contributed by atoms with E-state index >= 15 is 0 Å². The number of carbonyl (C=O) groups excluding carboxylic acids is 2. The zero-order chi connectivity index (χ0) is 17.3. The van der Waals surface area contributed by atoms with E-state index in [-0.39, 0.29) is 11.1 Å².